The molecule has 0 saturated carbocycles. The van der Waals surface area contributed by atoms with E-state index < -0.39 is 11.4 Å². The van der Waals surface area contributed by atoms with E-state index in [9.17, 15) is 9.90 Å². The molecule has 2 aromatic rings. The maximum atomic E-state index is 12.5. The van der Waals surface area contributed by atoms with Crippen molar-refractivity contribution < 1.29 is 9.90 Å². The van der Waals surface area contributed by atoms with E-state index >= 15 is 0 Å². The Bertz CT molecular complexity index is 625. The second kappa shape index (κ2) is 7.16. The van der Waals surface area contributed by atoms with Crippen LogP contribution >= 0.6 is 0 Å². The number of piperazine rings is 1. The molecule has 4 nitrogen and oxygen atoms in total. The summed E-state index contributed by atoms with van der Waals surface area (Å²) in [6.07, 6.45) is 0. The summed E-state index contributed by atoms with van der Waals surface area (Å²) < 4.78 is 0. The Morgan fingerprint density at radius 3 is 1.79 bits per heavy atom. The minimum atomic E-state index is -1.04. The molecule has 3 rings (SSSR count). The van der Waals surface area contributed by atoms with Gasteiger partial charge in [0.15, 0.2) is 0 Å². The topological polar surface area (TPSA) is 43.8 Å². The predicted octanol–water partition coefficient (Wildman–Crippen LogP) is 2.30. The first-order chi connectivity index (χ1) is 11.6. The summed E-state index contributed by atoms with van der Waals surface area (Å²) in [6.45, 7) is 4.22. The smallest absolute Gasteiger partial charge is 0.319 e. The molecule has 1 aliphatic heterocycles. The van der Waals surface area contributed by atoms with Gasteiger partial charge in [-0.05, 0) is 18.2 Å². The van der Waals surface area contributed by atoms with Crippen molar-refractivity contribution in [2.45, 2.75) is 5.41 Å². The molecule has 1 fully saturated rings. The zero-order chi connectivity index (χ0) is 17.0. The van der Waals surface area contributed by atoms with E-state index in [1.807, 2.05) is 60.7 Å². The van der Waals surface area contributed by atoms with Crippen LogP contribution in [0.2, 0.25) is 0 Å². The lowest BCUT2D eigenvalue weighted by Gasteiger charge is -2.39. The van der Waals surface area contributed by atoms with Crippen molar-refractivity contribution in [3.8, 4) is 0 Å². The fourth-order valence-corrected chi connectivity index (χ4v) is 3.45. The van der Waals surface area contributed by atoms with Gasteiger partial charge in [0.1, 0.15) is 5.41 Å². The van der Waals surface area contributed by atoms with Crippen molar-refractivity contribution in [1.29, 1.82) is 0 Å². The number of aliphatic carboxylic acids is 1. The fraction of sp³-hybridized carbons (Fsp3) is 0.350. The molecule has 0 atom stereocenters. The molecule has 4 heteroatoms. The molecule has 126 valence electrons. The van der Waals surface area contributed by atoms with Crippen LogP contribution in [0.5, 0.6) is 0 Å². The van der Waals surface area contributed by atoms with Crippen molar-refractivity contribution >= 4 is 5.97 Å². The maximum absolute atomic E-state index is 12.5. The lowest BCUT2D eigenvalue weighted by Crippen LogP contribution is -2.53. The van der Waals surface area contributed by atoms with Crippen LogP contribution in [-0.4, -0.2) is 60.6 Å². The first kappa shape index (κ1) is 16.7. The first-order valence-electron chi connectivity index (χ1n) is 8.38. The van der Waals surface area contributed by atoms with Crippen LogP contribution in [0.15, 0.2) is 60.7 Å². The number of hydrogen-bond donors (Lipinski definition) is 1. The van der Waals surface area contributed by atoms with Gasteiger partial charge in [-0.25, -0.2) is 0 Å². The van der Waals surface area contributed by atoms with Crippen LogP contribution in [0.3, 0.4) is 0 Å². The van der Waals surface area contributed by atoms with Crippen LogP contribution in [0.4, 0.5) is 0 Å². The van der Waals surface area contributed by atoms with Gasteiger partial charge >= 0.3 is 5.97 Å². The molecule has 0 aromatic heterocycles. The molecule has 1 aliphatic rings. The molecule has 0 aliphatic carbocycles. The van der Waals surface area contributed by atoms with Crippen LogP contribution < -0.4 is 0 Å². The summed E-state index contributed by atoms with van der Waals surface area (Å²) in [5.74, 6) is -0.793. The summed E-state index contributed by atoms with van der Waals surface area (Å²) in [6, 6.07) is 19.2. The number of carboxylic acid groups (broad SMARTS) is 1. The van der Waals surface area contributed by atoms with Crippen LogP contribution in [0.25, 0.3) is 0 Å². The summed E-state index contributed by atoms with van der Waals surface area (Å²) in [5, 5.41) is 10.3. The third kappa shape index (κ3) is 3.21. The molecule has 2 aromatic carbocycles. The van der Waals surface area contributed by atoms with Crippen molar-refractivity contribution in [3.63, 3.8) is 0 Å². The molecule has 0 amide bonds. The zero-order valence-electron chi connectivity index (χ0n) is 14.1. The second-order valence-corrected chi connectivity index (χ2v) is 6.52. The number of carbonyl (C=O) groups is 1. The molecule has 0 bridgehead atoms. The van der Waals surface area contributed by atoms with E-state index in [4.69, 9.17) is 0 Å². The average Bonchev–Trinajstić information content (AvgIpc) is 2.62. The summed E-state index contributed by atoms with van der Waals surface area (Å²) in [7, 11) is 2.11. The molecule has 0 radical (unpaired) electrons. The predicted molar refractivity (Wildman–Crippen MR) is 95.2 cm³/mol. The molecule has 1 saturated heterocycles. The van der Waals surface area contributed by atoms with E-state index in [0.29, 0.717) is 6.54 Å². The average molecular weight is 324 g/mol. The highest BCUT2D eigenvalue weighted by molar-refractivity contribution is 5.86. The zero-order valence-corrected chi connectivity index (χ0v) is 14.1. The molecule has 1 heterocycles. The van der Waals surface area contributed by atoms with E-state index in [-0.39, 0.29) is 0 Å². The van der Waals surface area contributed by atoms with E-state index in [1.165, 1.54) is 0 Å². The van der Waals surface area contributed by atoms with Crippen LogP contribution in [0, 0.1) is 0 Å². The third-order valence-electron chi connectivity index (χ3n) is 4.95. The van der Waals surface area contributed by atoms with Gasteiger partial charge < -0.3 is 10.0 Å². The van der Waals surface area contributed by atoms with E-state index in [2.05, 4.69) is 16.8 Å². The highest BCUT2D eigenvalue weighted by Crippen LogP contribution is 2.34. The third-order valence-corrected chi connectivity index (χ3v) is 4.95. The molecular formula is C20H24N2O2. The standard InChI is InChI=1S/C20H24N2O2/c1-21-12-14-22(15-13-21)16-20(19(23)24,17-8-4-2-5-9-17)18-10-6-3-7-11-18/h2-11H,12-16H2,1H3,(H,23,24). The molecule has 0 unspecified atom stereocenters. The number of nitrogens with zero attached hydrogens (tertiary/aromatic N) is 2. The second-order valence-electron chi connectivity index (χ2n) is 6.52. The number of rotatable bonds is 5. The molecule has 1 N–H and O–H groups in total. The van der Waals surface area contributed by atoms with Gasteiger partial charge in [0, 0.05) is 32.7 Å². The summed E-state index contributed by atoms with van der Waals surface area (Å²) in [5.41, 5.74) is 0.628. The number of benzene rings is 2. The van der Waals surface area contributed by atoms with Crippen molar-refractivity contribution in [2.24, 2.45) is 0 Å². The van der Waals surface area contributed by atoms with Gasteiger partial charge in [-0.1, -0.05) is 60.7 Å². The van der Waals surface area contributed by atoms with Crippen molar-refractivity contribution in [2.75, 3.05) is 39.8 Å². The van der Waals surface area contributed by atoms with Gasteiger partial charge in [0.2, 0.25) is 0 Å². The van der Waals surface area contributed by atoms with Crippen LogP contribution in [-0.2, 0) is 10.2 Å². The summed E-state index contributed by atoms with van der Waals surface area (Å²) >= 11 is 0. The van der Waals surface area contributed by atoms with Crippen molar-refractivity contribution in [1.82, 2.24) is 9.80 Å². The Balaban J connectivity index is 2.04. The van der Waals surface area contributed by atoms with Gasteiger partial charge in [-0.15, -0.1) is 0 Å². The fourth-order valence-electron chi connectivity index (χ4n) is 3.45. The Hall–Kier alpha value is -2.17. The van der Waals surface area contributed by atoms with E-state index in [1.54, 1.807) is 0 Å². The first-order valence-corrected chi connectivity index (χ1v) is 8.38. The highest BCUT2D eigenvalue weighted by Gasteiger charge is 2.43. The molecular weight excluding hydrogens is 300 g/mol. The van der Waals surface area contributed by atoms with Gasteiger partial charge in [-0.3, -0.25) is 9.69 Å². The highest BCUT2D eigenvalue weighted by atomic mass is 16.4. The SMILES string of the molecule is CN1CCN(CC(C(=O)O)(c2ccccc2)c2ccccc2)CC1. The normalized spacial score (nSPS) is 16.9. The number of carboxylic acids is 1. The minimum absolute atomic E-state index is 0.490. The lowest BCUT2D eigenvalue weighted by molar-refractivity contribution is -0.143. The minimum Gasteiger partial charge on any atom is -0.480 e. The van der Waals surface area contributed by atoms with Gasteiger partial charge in [0.25, 0.3) is 0 Å². The largest absolute Gasteiger partial charge is 0.480 e. The van der Waals surface area contributed by atoms with Gasteiger partial charge in [-0.2, -0.15) is 0 Å². The molecule has 0 spiro atoms. The monoisotopic (exact) mass is 324 g/mol. The van der Waals surface area contributed by atoms with Crippen LogP contribution in [0.1, 0.15) is 11.1 Å². The number of likely N-dealkylation sites (N-methyl/N-ethyl adjacent to an activating group) is 1. The maximum Gasteiger partial charge on any atom is 0.319 e. The Morgan fingerprint density at radius 1 is 0.917 bits per heavy atom. The quantitative estimate of drug-likeness (QED) is 0.916. The van der Waals surface area contributed by atoms with Gasteiger partial charge in [0.05, 0.1) is 0 Å². The Morgan fingerprint density at radius 2 is 1.38 bits per heavy atom. The lowest BCUT2D eigenvalue weighted by atomic mass is 9.74. The Kier molecular flexibility index (Phi) is 4.97. The summed E-state index contributed by atoms with van der Waals surface area (Å²) in [4.78, 5) is 17.1. The molecule has 24 heavy (non-hydrogen) atoms. The number of hydrogen-bond acceptors (Lipinski definition) is 3. The Labute approximate surface area is 143 Å². The van der Waals surface area contributed by atoms with Crippen molar-refractivity contribution in [3.05, 3.63) is 71.8 Å². The van der Waals surface area contributed by atoms with E-state index in [0.717, 1.165) is 37.3 Å².